The number of carbonyl (C=O) groups excluding carboxylic acids is 2. The predicted molar refractivity (Wildman–Crippen MR) is 192 cm³/mol. The topological polar surface area (TPSA) is 58.6 Å². The highest BCUT2D eigenvalue weighted by Crippen LogP contribution is 2.53. The summed E-state index contributed by atoms with van der Waals surface area (Å²) in [6.07, 6.45) is 8.67. The number of nitrogens with zero attached hydrogens (tertiary/aromatic N) is 1. The van der Waals surface area contributed by atoms with Gasteiger partial charge in [0.1, 0.15) is 0 Å². The van der Waals surface area contributed by atoms with Gasteiger partial charge in [-0.3, -0.25) is 9.59 Å². The van der Waals surface area contributed by atoms with Gasteiger partial charge in [0.15, 0.2) is 0 Å². The van der Waals surface area contributed by atoms with Crippen LogP contribution < -0.4 is 10.6 Å². The Hall–Kier alpha value is 0.0200. The first kappa shape index (κ1) is 36.2. The first-order chi connectivity index (χ1) is 19.0. The normalized spacial score (nSPS) is 16.6. The molecule has 1 saturated carbocycles. The Morgan fingerprint density at radius 1 is 1.25 bits per heavy atom. The third-order valence-corrected chi connectivity index (χ3v) is 17.3. The van der Waals surface area contributed by atoms with E-state index < -0.39 is 20.7 Å². The summed E-state index contributed by atoms with van der Waals surface area (Å²) in [5, 5.41) is 4.30. The molecule has 226 valence electrons. The fourth-order valence-corrected chi connectivity index (χ4v) is 15.5. The highest BCUT2D eigenvalue weighted by atomic mass is 32.7. The van der Waals surface area contributed by atoms with Crippen LogP contribution in [0.4, 0.5) is 0 Å². The van der Waals surface area contributed by atoms with E-state index in [-0.39, 0.29) is 11.8 Å². The molecule has 0 radical (unpaired) electrons. The molecule has 1 aromatic rings. The Morgan fingerprint density at radius 3 is 2.55 bits per heavy atom. The first-order valence-corrected chi connectivity index (χ1v) is 24.6. The van der Waals surface area contributed by atoms with Crippen LogP contribution in [0.3, 0.4) is 0 Å². The van der Waals surface area contributed by atoms with E-state index >= 15 is 0 Å². The maximum absolute atomic E-state index is 13.2. The lowest BCUT2D eigenvalue weighted by Crippen LogP contribution is -2.39. The minimum absolute atomic E-state index is 0.00499. The number of hydrogen-bond donors (Lipinski definition) is 2. The average Bonchev–Trinajstić information content (AvgIpc) is 3.16. The van der Waals surface area contributed by atoms with E-state index in [2.05, 4.69) is 55.4 Å². The summed E-state index contributed by atoms with van der Waals surface area (Å²) < 4.78 is 5.95. The van der Waals surface area contributed by atoms with Gasteiger partial charge in [0.2, 0.25) is 5.91 Å². The van der Waals surface area contributed by atoms with Gasteiger partial charge < -0.3 is 15.0 Å². The van der Waals surface area contributed by atoms with Crippen molar-refractivity contribution >= 4 is 81.4 Å². The largest absolute Gasteiger partial charge is 0.379 e. The Kier molecular flexibility index (Phi) is 17.5. The van der Waals surface area contributed by atoms with Crippen molar-refractivity contribution < 1.29 is 14.3 Å². The molecular weight excluding hydrogens is 612 g/mol. The molecule has 0 spiro atoms. The highest BCUT2D eigenvalue weighted by molar-refractivity contribution is 8.46. The number of ether oxygens (including phenoxy) is 1. The maximum atomic E-state index is 13.2. The van der Waals surface area contributed by atoms with Gasteiger partial charge in [-0.1, -0.05) is 61.6 Å². The summed E-state index contributed by atoms with van der Waals surface area (Å²) in [5.41, 5.74) is 4.36. The van der Waals surface area contributed by atoms with Crippen molar-refractivity contribution in [3.05, 3.63) is 29.3 Å². The molecule has 0 aromatic heterocycles. The molecule has 2 amide bonds. The lowest BCUT2D eigenvalue weighted by Gasteiger charge is -2.23. The standard InChI is InChI=1S/C29H50N2O3P4S2/c1-24(32)31(17-18-34-21-25-10-8-6-7-9-11-25)16-15-30-29(33)27-13-12-26(14-19-35-2)28(20-27)37(22-36(3)39)23-38(4,5)40/h12-13,19-20,22,25,36,39H,6-11,14-18,21,23H2,1-5H3,(H,30,33). The number of carbonyl (C=O) groups is 2. The van der Waals surface area contributed by atoms with Gasteiger partial charge in [0.05, 0.1) is 6.61 Å². The molecule has 2 atom stereocenters. The van der Waals surface area contributed by atoms with Crippen LogP contribution in [-0.2, 0) is 27.8 Å². The molecule has 40 heavy (non-hydrogen) atoms. The Morgan fingerprint density at radius 2 is 1.95 bits per heavy atom. The van der Waals surface area contributed by atoms with Gasteiger partial charge in [0, 0.05) is 44.6 Å². The average molecular weight is 663 g/mol. The van der Waals surface area contributed by atoms with Crippen molar-refractivity contribution in [1.82, 2.24) is 10.2 Å². The van der Waals surface area contributed by atoms with Crippen molar-refractivity contribution in [3.8, 4) is 0 Å². The van der Waals surface area contributed by atoms with Crippen molar-refractivity contribution in [2.45, 2.75) is 51.9 Å². The molecule has 2 unspecified atom stereocenters. The van der Waals surface area contributed by atoms with E-state index in [0.29, 0.717) is 37.7 Å². The third-order valence-electron chi connectivity index (χ3n) is 6.93. The van der Waals surface area contributed by atoms with Crippen LogP contribution in [0.1, 0.15) is 61.4 Å². The highest BCUT2D eigenvalue weighted by Gasteiger charge is 2.20. The zero-order valence-electron chi connectivity index (χ0n) is 25.0. The fraction of sp³-hybridized carbons (Fsp3) is 0.655. The Bertz CT molecular complexity index is 1070. The molecule has 1 N–H and O–H groups in total. The number of rotatable bonds is 15. The summed E-state index contributed by atoms with van der Waals surface area (Å²) in [4.78, 5) is 27.2. The summed E-state index contributed by atoms with van der Waals surface area (Å²) >= 11 is 10.6. The monoisotopic (exact) mass is 662 g/mol. The van der Waals surface area contributed by atoms with Crippen molar-refractivity contribution in [2.75, 3.05) is 65.4 Å². The molecule has 0 heterocycles. The molecule has 1 aliphatic carbocycles. The molecule has 11 heteroatoms. The van der Waals surface area contributed by atoms with Gasteiger partial charge in [0.25, 0.3) is 5.91 Å². The van der Waals surface area contributed by atoms with E-state index in [0.717, 1.165) is 18.9 Å². The third kappa shape index (κ3) is 14.5. The SMILES string of the molecule is C/P=C/Cc1ccc(C(=O)NCCN(CCOCC2CCCCCC2)C(C)=O)cc1P(/C=[PH](/C)S)CP(C)(C)=S. The Balaban J connectivity index is 2.02. The molecule has 1 aliphatic rings. The molecule has 5 nitrogen and oxygen atoms in total. The van der Waals surface area contributed by atoms with Crippen molar-refractivity contribution in [1.29, 1.82) is 0 Å². The van der Waals surface area contributed by atoms with Gasteiger partial charge >= 0.3 is 0 Å². The van der Waals surface area contributed by atoms with Gasteiger partial charge in [-0.15, -0.1) is 8.20 Å². The van der Waals surface area contributed by atoms with E-state index in [4.69, 9.17) is 28.8 Å². The second-order valence-corrected chi connectivity index (χ2v) is 25.1. The van der Waals surface area contributed by atoms with Crippen LogP contribution >= 0.6 is 41.2 Å². The zero-order chi connectivity index (χ0) is 29.5. The summed E-state index contributed by atoms with van der Waals surface area (Å²) in [5.74, 6) is 3.81. The minimum atomic E-state index is -1.44. The van der Waals surface area contributed by atoms with E-state index in [9.17, 15) is 9.59 Å². The second kappa shape index (κ2) is 19.3. The summed E-state index contributed by atoms with van der Waals surface area (Å²) in [7, 11) is 0.656. The van der Waals surface area contributed by atoms with Crippen LogP contribution in [0, 0.1) is 5.92 Å². The van der Waals surface area contributed by atoms with Crippen molar-refractivity contribution in [2.24, 2.45) is 5.92 Å². The smallest absolute Gasteiger partial charge is 0.251 e. The lowest BCUT2D eigenvalue weighted by molar-refractivity contribution is -0.129. The fourth-order valence-electron chi connectivity index (χ4n) is 4.90. The second-order valence-electron chi connectivity index (χ2n) is 11.1. The first-order valence-electron chi connectivity index (χ1n) is 14.3. The molecule has 2 rings (SSSR count). The number of hydrogen-bond acceptors (Lipinski definition) is 5. The van der Waals surface area contributed by atoms with E-state index in [1.165, 1.54) is 57.6 Å². The van der Waals surface area contributed by atoms with Gasteiger partial charge in [-0.05, 0) is 88.8 Å². The molecule has 0 saturated heterocycles. The summed E-state index contributed by atoms with van der Waals surface area (Å²) in [6, 6.07) is 4.69. The van der Waals surface area contributed by atoms with E-state index in [1.54, 1.807) is 11.8 Å². The van der Waals surface area contributed by atoms with Crippen LogP contribution in [0.5, 0.6) is 0 Å². The van der Waals surface area contributed by atoms with Crippen LogP contribution in [0.2, 0.25) is 0 Å². The molecular formula is C29H50N2O3P4S2. The van der Waals surface area contributed by atoms with Gasteiger partial charge in [-0.25, -0.2) is 0 Å². The Labute approximate surface area is 257 Å². The maximum Gasteiger partial charge on any atom is 0.251 e. The lowest BCUT2D eigenvalue weighted by atomic mass is 10.0. The molecule has 1 aromatic carbocycles. The number of benzene rings is 1. The van der Waals surface area contributed by atoms with Gasteiger partial charge in [-0.2, -0.15) is 12.2 Å². The zero-order valence-corrected chi connectivity index (χ0v) is 30.4. The number of thiol groups is 1. The van der Waals surface area contributed by atoms with Crippen LogP contribution in [-0.4, -0.2) is 93.5 Å². The van der Waals surface area contributed by atoms with E-state index in [1.807, 2.05) is 6.07 Å². The molecule has 0 bridgehead atoms. The predicted octanol–water partition coefficient (Wildman–Crippen LogP) is 6.42. The van der Waals surface area contributed by atoms with Crippen molar-refractivity contribution in [3.63, 3.8) is 0 Å². The van der Waals surface area contributed by atoms with Crippen LogP contribution in [0.25, 0.3) is 0 Å². The van der Waals surface area contributed by atoms with Crippen LogP contribution in [0.15, 0.2) is 18.2 Å². The molecule has 1 fully saturated rings. The minimum Gasteiger partial charge on any atom is -0.379 e. The number of amides is 2. The quantitative estimate of drug-likeness (QED) is 0.0985. The number of nitrogens with one attached hydrogen (secondary N) is 1. The molecule has 0 aliphatic heterocycles. The summed E-state index contributed by atoms with van der Waals surface area (Å²) in [6.45, 7) is 12.2.